The van der Waals surface area contributed by atoms with Gasteiger partial charge in [0, 0.05) is 49.1 Å². The Kier molecular flexibility index (Phi) is 6.00. The molecule has 32 heavy (non-hydrogen) atoms. The van der Waals surface area contributed by atoms with Crippen molar-refractivity contribution in [3.8, 4) is 23.3 Å². The van der Waals surface area contributed by atoms with Gasteiger partial charge in [0.25, 0.3) is 11.8 Å². The van der Waals surface area contributed by atoms with Crippen LogP contribution in [0.3, 0.4) is 0 Å². The van der Waals surface area contributed by atoms with Crippen molar-refractivity contribution in [3.63, 3.8) is 0 Å². The van der Waals surface area contributed by atoms with Gasteiger partial charge in [-0.05, 0) is 24.6 Å². The standard InChI is InChI=1S/C22H23N5O5/c23-7-12-3-15(10-24-8-12)26-22(31)16-4-13(18(28)6-19(16)29)9-25-14-1-2-17-20(5-14)32-11-21(30)27-17/h1-2,4-6,12,15,24-25,28-29H,3,8-11H2,(H,26,31)(H,27,30). The number of nitriles is 1. The van der Waals surface area contributed by atoms with E-state index in [2.05, 4.69) is 27.3 Å². The number of ether oxygens (including phenoxy) is 1. The molecular weight excluding hydrogens is 414 g/mol. The van der Waals surface area contributed by atoms with E-state index in [9.17, 15) is 19.8 Å². The van der Waals surface area contributed by atoms with Crippen molar-refractivity contribution < 1.29 is 24.5 Å². The fourth-order valence-electron chi connectivity index (χ4n) is 3.74. The van der Waals surface area contributed by atoms with Crippen LogP contribution in [-0.2, 0) is 11.3 Å². The number of carbonyl (C=O) groups excluding carboxylic acids is 2. The first-order chi connectivity index (χ1) is 15.4. The third kappa shape index (κ3) is 4.68. The maximum absolute atomic E-state index is 12.7. The minimum atomic E-state index is -0.480. The lowest BCUT2D eigenvalue weighted by molar-refractivity contribution is -0.118. The minimum absolute atomic E-state index is 0.0372. The number of anilines is 2. The molecule has 2 aromatic carbocycles. The van der Waals surface area contributed by atoms with Crippen LogP contribution in [0.15, 0.2) is 30.3 Å². The summed E-state index contributed by atoms with van der Waals surface area (Å²) in [5, 5.41) is 41.3. The number of phenols is 2. The number of carbonyl (C=O) groups is 2. The molecule has 4 rings (SSSR count). The molecule has 2 atom stereocenters. The van der Waals surface area contributed by atoms with Gasteiger partial charge in [0.1, 0.15) is 17.2 Å². The van der Waals surface area contributed by atoms with Crippen molar-refractivity contribution in [1.82, 2.24) is 10.6 Å². The molecule has 2 aliphatic heterocycles. The zero-order valence-electron chi connectivity index (χ0n) is 17.1. The van der Waals surface area contributed by atoms with E-state index in [1.165, 1.54) is 6.07 Å². The largest absolute Gasteiger partial charge is 0.507 e. The number of nitrogens with zero attached hydrogens (tertiary/aromatic N) is 1. The van der Waals surface area contributed by atoms with E-state index >= 15 is 0 Å². The number of benzene rings is 2. The van der Waals surface area contributed by atoms with Gasteiger partial charge in [-0.3, -0.25) is 9.59 Å². The van der Waals surface area contributed by atoms with Crippen molar-refractivity contribution >= 4 is 23.2 Å². The maximum atomic E-state index is 12.7. The van der Waals surface area contributed by atoms with Gasteiger partial charge in [0.15, 0.2) is 6.61 Å². The minimum Gasteiger partial charge on any atom is -0.507 e. The van der Waals surface area contributed by atoms with Gasteiger partial charge in [-0.15, -0.1) is 0 Å². The van der Waals surface area contributed by atoms with E-state index in [4.69, 9.17) is 10.00 Å². The van der Waals surface area contributed by atoms with Crippen LogP contribution in [0, 0.1) is 17.2 Å². The number of amides is 2. The third-order valence-electron chi connectivity index (χ3n) is 5.41. The molecule has 2 aliphatic rings. The summed E-state index contributed by atoms with van der Waals surface area (Å²) in [4.78, 5) is 24.1. The van der Waals surface area contributed by atoms with Crippen LogP contribution in [0.1, 0.15) is 22.3 Å². The SMILES string of the molecule is N#CC1CNCC(NC(=O)c2cc(CNc3ccc4c(c3)OCC(=O)N4)c(O)cc2O)C1. The van der Waals surface area contributed by atoms with Crippen molar-refractivity contribution in [2.45, 2.75) is 19.0 Å². The summed E-state index contributed by atoms with van der Waals surface area (Å²) in [7, 11) is 0. The van der Waals surface area contributed by atoms with Gasteiger partial charge in [0.2, 0.25) is 0 Å². The van der Waals surface area contributed by atoms with Gasteiger partial charge < -0.3 is 36.2 Å². The zero-order chi connectivity index (χ0) is 22.7. The number of rotatable bonds is 5. The lowest BCUT2D eigenvalue weighted by Crippen LogP contribution is -2.48. The summed E-state index contributed by atoms with van der Waals surface area (Å²) in [6.45, 7) is 1.25. The number of hydrogen-bond acceptors (Lipinski definition) is 8. The predicted octanol–water partition coefficient (Wildman–Crippen LogP) is 1.27. The highest BCUT2D eigenvalue weighted by molar-refractivity contribution is 5.97. The highest BCUT2D eigenvalue weighted by Gasteiger charge is 2.24. The van der Waals surface area contributed by atoms with Crippen LogP contribution in [0.5, 0.6) is 17.2 Å². The van der Waals surface area contributed by atoms with E-state index in [-0.39, 0.29) is 48.1 Å². The molecule has 166 valence electrons. The van der Waals surface area contributed by atoms with Crippen LogP contribution in [0.2, 0.25) is 0 Å². The van der Waals surface area contributed by atoms with Crippen molar-refractivity contribution in [2.75, 3.05) is 30.3 Å². The topological polar surface area (TPSA) is 156 Å². The van der Waals surface area contributed by atoms with Crippen molar-refractivity contribution in [1.29, 1.82) is 5.26 Å². The Morgan fingerprint density at radius 1 is 1.22 bits per heavy atom. The average Bonchev–Trinajstić information content (AvgIpc) is 2.78. The molecule has 0 radical (unpaired) electrons. The summed E-state index contributed by atoms with van der Waals surface area (Å²) in [5.41, 5.74) is 1.72. The number of fused-ring (bicyclic) bond motifs is 1. The Balaban J connectivity index is 1.45. The van der Waals surface area contributed by atoms with Gasteiger partial charge in [-0.1, -0.05) is 0 Å². The fourth-order valence-corrected chi connectivity index (χ4v) is 3.74. The smallest absolute Gasteiger partial charge is 0.262 e. The lowest BCUT2D eigenvalue weighted by Gasteiger charge is -2.27. The second kappa shape index (κ2) is 9.03. The van der Waals surface area contributed by atoms with E-state index in [1.807, 2.05) is 0 Å². The normalized spacial score (nSPS) is 19.7. The molecule has 2 unspecified atom stereocenters. The number of hydrogen-bond donors (Lipinski definition) is 6. The first-order valence-corrected chi connectivity index (χ1v) is 10.2. The summed E-state index contributed by atoms with van der Waals surface area (Å²) in [6, 6.07) is 9.71. The molecule has 2 heterocycles. The monoisotopic (exact) mass is 437 g/mol. The van der Waals surface area contributed by atoms with Crippen LogP contribution in [0.25, 0.3) is 0 Å². The second-order valence-corrected chi connectivity index (χ2v) is 7.79. The Hall–Kier alpha value is -3.97. The molecule has 1 saturated heterocycles. The lowest BCUT2D eigenvalue weighted by atomic mass is 9.96. The Morgan fingerprint density at radius 2 is 2.06 bits per heavy atom. The molecule has 0 aliphatic carbocycles. The first kappa shape index (κ1) is 21.3. The summed E-state index contributed by atoms with van der Waals surface area (Å²) >= 11 is 0. The summed E-state index contributed by atoms with van der Waals surface area (Å²) < 4.78 is 5.39. The molecule has 1 fully saturated rings. The van der Waals surface area contributed by atoms with Crippen LogP contribution in [-0.4, -0.2) is 47.8 Å². The maximum Gasteiger partial charge on any atom is 0.262 e. The zero-order valence-corrected chi connectivity index (χ0v) is 17.1. The van der Waals surface area contributed by atoms with Crippen molar-refractivity contribution in [2.24, 2.45) is 5.92 Å². The molecule has 0 aromatic heterocycles. The van der Waals surface area contributed by atoms with Gasteiger partial charge in [-0.2, -0.15) is 5.26 Å². The first-order valence-electron chi connectivity index (χ1n) is 10.2. The predicted molar refractivity (Wildman–Crippen MR) is 116 cm³/mol. The van der Waals surface area contributed by atoms with Gasteiger partial charge >= 0.3 is 0 Å². The van der Waals surface area contributed by atoms with Gasteiger partial charge in [-0.25, -0.2) is 0 Å². The molecule has 0 bridgehead atoms. The van der Waals surface area contributed by atoms with E-state index in [0.717, 1.165) is 6.07 Å². The quantitative estimate of drug-likeness (QED) is 0.408. The Bertz CT molecular complexity index is 1100. The van der Waals surface area contributed by atoms with Crippen molar-refractivity contribution in [3.05, 3.63) is 41.5 Å². The van der Waals surface area contributed by atoms with Crippen LogP contribution in [0.4, 0.5) is 11.4 Å². The number of aromatic hydroxyl groups is 2. The van der Waals surface area contributed by atoms with Gasteiger partial charge in [0.05, 0.1) is 23.2 Å². The molecule has 10 nitrogen and oxygen atoms in total. The molecule has 0 saturated carbocycles. The summed E-state index contributed by atoms with van der Waals surface area (Å²) in [6.07, 6.45) is 0.531. The molecule has 2 amide bonds. The highest BCUT2D eigenvalue weighted by atomic mass is 16.5. The fraction of sp³-hybridized carbons (Fsp3) is 0.318. The molecule has 6 N–H and O–H groups in total. The Labute approximate surface area is 184 Å². The third-order valence-corrected chi connectivity index (χ3v) is 5.41. The number of nitrogens with one attached hydrogen (secondary N) is 4. The molecule has 0 spiro atoms. The second-order valence-electron chi connectivity index (χ2n) is 7.79. The highest BCUT2D eigenvalue weighted by Crippen LogP contribution is 2.32. The Morgan fingerprint density at radius 3 is 2.88 bits per heavy atom. The molecular formula is C22H23N5O5. The molecule has 2 aromatic rings. The number of piperidine rings is 1. The van der Waals surface area contributed by atoms with E-state index in [1.54, 1.807) is 18.2 Å². The molecule has 10 heteroatoms. The van der Waals surface area contributed by atoms with E-state index in [0.29, 0.717) is 42.2 Å². The van der Waals surface area contributed by atoms with Crippen LogP contribution < -0.4 is 26.0 Å². The van der Waals surface area contributed by atoms with E-state index < -0.39 is 5.91 Å². The summed E-state index contributed by atoms with van der Waals surface area (Å²) in [5.74, 6) is -0.839. The number of phenolic OH excluding ortho intramolecular Hbond substituents is 2. The average molecular weight is 437 g/mol. The van der Waals surface area contributed by atoms with Crippen LogP contribution >= 0.6 is 0 Å².